The third kappa shape index (κ3) is 2.17. The molecule has 2 N–H and O–H groups in total. The van der Waals surface area contributed by atoms with Crippen molar-refractivity contribution in [2.45, 2.75) is 31.3 Å². The summed E-state index contributed by atoms with van der Waals surface area (Å²) in [6.07, 6.45) is 3.38. The van der Waals surface area contributed by atoms with Gasteiger partial charge in [-0.15, -0.1) is 0 Å². The molecule has 17 heavy (non-hydrogen) atoms. The van der Waals surface area contributed by atoms with Gasteiger partial charge in [0.1, 0.15) is 5.75 Å². The first-order chi connectivity index (χ1) is 8.27. The van der Waals surface area contributed by atoms with E-state index < -0.39 is 5.60 Å². The Bertz CT molecular complexity index is 411. The molecule has 0 amide bonds. The van der Waals surface area contributed by atoms with Gasteiger partial charge in [0.15, 0.2) is 0 Å². The fourth-order valence-electron chi connectivity index (χ4n) is 2.85. The summed E-state index contributed by atoms with van der Waals surface area (Å²) in [5.74, 6) is 1.03. The molecule has 0 aliphatic carbocycles. The third-order valence-corrected chi connectivity index (χ3v) is 3.85. The highest BCUT2D eigenvalue weighted by Gasteiger charge is 2.31. The van der Waals surface area contributed by atoms with Crippen molar-refractivity contribution in [3.05, 3.63) is 29.3 Å². The predicted octanol–water partition coefficient (Wildman–Crippen LogP) is 1.28. The van der Waals surface area contributed by atoms with Gasteiger partial charge in [0.2, 0.25) is 0 Å². The maximum Gasteiger partial charge on any atom is 0.125 e. The minimum atomic E-state index is -0.549. The van der Waals surface area contributed by atoms with Crippen molar-refractivity contribution in [3.63, 3.8) is 0 Å². The average molecular weight is 233 g/mol. The van der Waals surface area contributed by atoms with E-state index in [0.717, 1.165) is 51.1 Å². The second kappa shape index (κ2) is 4.31. The van der Waals surface area contributed by atoms with Crippen LogP contribution in [0.15, 0.2) is 18.2 Å². The lowest BCUT2D eigenvalue weighted by Gasteiger charge is -2.33. The minimum absolute atomic E-state index is 0.549. The zero-order valence-corrected chi connectivity index (χ0v) is 10.0. The Morgan fingerprint density at radius 3 is 2.94 bits per heavy atom. The van der Waals surface area contributed by atoms with Gasteiger partial charge in [0.25, 0.3) is 0 Å². The summed E-state index contributed by atoms with van der Waals surface area (Å²) in [5.41, 5.74) is 1.91. The van der Waals surface area contributed by atoms with E-state index in [4.69, 9.17) is 4.74 Å². The molecule has 1 saturated heterocycles. The molecule has 1 aromatic carbocycles. The largest absolute Gasteiger partial charge is 0.493 e. The number of aliphatic hydroxyl groups is 1. The molecule has 0 bridgehead atoms. The predicted molar refractivity (Wildman–Crippen MR) is 66.4 cm³/mol. The van der Waals surface area contributed by atoms with Gasteiger partial charge in [-0.1, -0.05) is 18.2 Å². The van der Waals surface area contributed by atoms with E-state index in [9.17, 15) is 5.11 Å². The third-order valence-electron chi connectivity index (χ3n) is 3.85. The number of nitrogens with one attached hydrogen (secondary N) is 1. The van der Waals surface area contributed by atoms with Gasteiger partial charge in [-0.25, -0.2) is 0 Å². The van der Waals surface area contributed by atoms with E-state index >= 15 is 0 Å². The Hall–Kier alpha value is -1.06. The van der Waals surface area contributed by atoms with Crippen molar-refractivity contribution in [2.24, 2.45) is 0 Å². The molecule has 3 heteroatoms. The number of para-hydroxylation sites is 1. The lowest BCUT2D eigenvalue weighted by molar-refractivity contribution is 0.0104. The number of hydrogen-bond donors (Lipinski definition) is 2. The van der Waals surface area contributed by atoms with Crippen LogP contribution >= 0.6 is 0 Å². The normalized spacial score (nSPS) is 21.9. The van der Waals surface area contributed by atoms with Gasteiger partial charge in [-0.05, 0) is 37.1 Å². The molecular formula is C14H19NO2. The van der Waals surface area contributed by atoms with Crippen LogP contribution in [0.5, 0.6) is 5.75 Å². The van der Waals surface area contributed by atoms with E-state index in [0.29, 0.717) is 0 Å². The molecule has 3 rings (SSSR count). The Balaban J connectivity index is 1.83. The second-order valence-electron chi connectivity index (χ2n) is 5.15. The smallest absolute Gasteiger partial charge is 0.125 e. The summed E-state index contributed by atoms with van der Waals surface area (Å²) >= 11 is 0. The van der Waals surface area contributed by atoms with Gasteiger partial charge >= 0.3 is 0 Å². The van der Waals surface area contributed by atoms with Crippen LogP contribution in [-0.2, 0) is 12.8 Å². The molecule has 1 fully saturated rings. The van der Waals surface area contributed by atoms with Gasteiger partial charge < -0.3 is 15.2 Å². The highest BCUT2D eigenvalue weighted by molar-refractivity contribution is 5.44. The van der Waals surface area contributed by atoms with Gasteiger partial charge in [-0.2, -0.15) is 0 Å². The topological polar surface area (TPSA) is 41.5 Å². The van der Waals surface area contributed by atoms with E-state index in [1.54, 1.807) is 0 Å². The van der Waals surface area contributed by atoms with E-state index in [1.165, 1.54) is 11.1 Å². The summed E-state index contributed by atoms with van der Waals surface area (Å²) in [6, 6.07) is 6.29. The molecule has 0 aromatic heterocycles. The van der Waals surface area contributed by atoms with Crippen molar-refractivity contribution in [1.29, 1.82) is 0 Å². The van der Waals surface area contributed by atoms with E-state index in [2.05, 4.69) is 23.5 Å². The molecule has 0 spiro atoms. The van der Waals surface area contributed by atoms with E-state index in [-0.39, 0.29) is 0 Å². The molecule has 3 nitrogen and oxygen atoms in total. The Morgan fingerprint density at radius 2 is 2.12 bits per heavy atom. The fraction of sp³-hybridized carbons (Fsp3) is 0.571. The number of ether oxygens (including phenoxy) is 1. The van der Waals surface area contributed by atoms with Crippen molar-refractivity contribution < 1.29 is 9.84 Å². The molecule has 2 aliphatic rings. The highest BCUT2D eigenvalue weighted by atomic mass is 16.5. The summed E-state index contributed by atoms with van der Waals surface area (Å²) < 4.78 is 5.69. The van der Waals surface area contributed by atoms with Gasteiger partial charge in [0, 0.05) is 12.8 Å². The standard InChI is InChI=1S/C14H19NO2/c16-14(5-7-15-8-6-14)10-12-3-1-2-11-4-9-17-13(11)12/h1-3,15-16H,4-10H2. The average Bonchev–Trinajstić information content (AvgIpc) is 2.79. The quantitative estimate of drug-likeness (QED) is 0.808. The lowest BCUT2D eigenvalue weighted by atomic mass is 9.85. The Kier molecular flexibility index (Phi) is 2.81. The molecule has 92 valence electrons. The van der Waals surface area contributed by atoms with Crippen LogP contribution in [0.4, 0.5) is 0 Å². The number of hydrogen-bond acceptors (Lipinski definition) is 3. The first-order valence-electron chi connectivity index (χ1n) is 6.44. The number of piperidine rings is 1. The Labute approximate surface area is 102 Å². The molecule has 1 aromatic rings. The van der Waals surface area contributed by atoms with Crippen LogP contribution in [0.25, 0.3) is 0 Å². The maximum absolute atomic E-state index is 10.6. The highest BCUT2D eigenvalue weighted by Crippen LogP contribution is 2.33. The van der Waals surface area contributed by atoms with Crippen LogP contribution in [0.1, 0.15) is 24.0 Å². The van der Waals surface area contributed by atoms with Crippen LogP contribution in [-0.4, -0.2) is 30.4 Å². The molecular weight excluding hydrogens is 214 g/mol. The van der Waals surface area contributed by atoms with Gasteiger partial charge in [0.05, 0.1) is 12.2 Å². The molecule has 2 heterocycles. The summed E-state index contributed by atoms with van der Waals surface area (Å²) in [4.78, 5) is 0. The Morgan fingerprint density at radius 1 is 1.29 bits per heavy atom. The first kappa shape index (κ1) is 11.1. The zero-order chi connectivity index (χ0) is 11.7. The van der Waals surface area contributed by atoms with Crippen molar-refractivity contribution in [3.8, 4) is 5.75 Å². The lowest BCUT2D eigenvalue weighted by Crippen LogP contribution is -2.43. The summed E-state index contributed by atoms with van der Waals surface area (Å²) in [6.45, 7) is 2.60. The molecule has 0 saturated carbocycles. The molecule has 0 unspecified atom stereocenters. The molecule has 0 radical (unpaired) electrons. The number of benzene rings is 1. The monoisotopic (exact) mass is 233 g/mol. The van der Waals surface area contributed by atoms with Crippen molar-refractivity contribution in [1.82, 2.24) is 5.32 Å². The maximum atomic E-state index is 10.6. The van der Waals surface area contributed by atoms with E-state index in [1.807, 2.05) is 0 Å². The molecule has 2 aliphatic heterocycles. The SMILES string of the molecule is OC1(Cc2cccc3c2OCC3)CCNCC1. The van der Waals surface area contributed by atoms with Crippen LogP contribution in [0, 0.1) is 0 Å². The van der Waals surface area contributed by atoms with Crippen LogP contribution in [0.2, 0.25) is 0 Å². The van der Waals surface area contributed by atoms with Crippen molar-refractivity contribution in [2.75, 3.05) is 19.7 Å². The summed E-state index contributed by atoms with van der Waals surface area (Å²) in [5, 5.41) is 13.8. The zero-order valence-electron chi connectivity index (χ0n) is 10.0. The molecule has 0 atom stereocenters. The fourth-order valence-corrected chi connectivity index (χ4v) is 2.85. The number of fused-ring (bicyclic) bond motifs is 1. The first-order valence-corrected chi connectivity index (χ1v) is 6.44. The van der Waals surface area contributed by atoms with Crippen LogP contribution < -0.4 is 10.1 Å². The summed E-state index contributed by atoms with van der Waals surface area (Å²) in [7, 11) is 0. The van der Waals surface area contributed by atoms with Gasteiger partial charge in [-0.3, -0.25) is 0 Å². The minimum Gasteiger partial charge on any atom is -0.493 e. The van der Waals surface area contributed by atoms with Crippen molar-refractivity contribution >= 4 is 0 Å². The number of rotatable bonds is 2. The second-order valence-corrected chi connectivity index (χ2v) is 5.15. The van der Waals surface area contributed by atoms with Crippen LogP contribution in [0.3, 0.4) is 0 Å².